The second-order valence-electron chi connectivity index (χ2n) is 0. The Morgan fingerprint density at radius 2 is 0.556 bits per heavy atom. The fourth-order valence-corrected chi connectivity index (χ4v) is 0. The van der Waals surface area contributed by atoms with E-state index in [0.29, 0.717) is 0 Å². The van der Waals surface area contributed by atoms with Crippen LogP contribution in [0.15, 0.2) is 0 Å². The zero-order valence-electron chi connectivity index (χ0n) is 6.49. The Balaban J connectivity index is 0. The van der Waals surface area contributed by atoms with Gasteiger partial charge >= 0.3 is 23.1 Å². The second kappa shape index (κ2) is 364. The smallest absolute Gasteiger partial charge is 1.00 e. The summed E-state index contributed by atoms with van der Waals surface area (Å²) >= 11 is 0. The number of hydrogen-bond acceptors (Lipinski definition) is 0. The minimum Gasteiger partial charge on any atom is -1.00 e. The third-order valence-corrected chi connectivity index (χ3v) is 0. The first kappa shape index (κ1) is 505. The van der Waals surface area contributed by atoms with Crippen LogP contribution in [-0.4, -0.2) is 55.9 Å². The Labute approximate surface area is 88.2 Å². The van der Waals surface area contributed by atoms with Crippen molar-refractivity contribution in [2.24, 2.45) is 0 Å². The predicted molar refractivity (Wildman–Crippen MR) is 36.9 cm³/mol. The van der Waals surface area contributed by atoms with Crippen molar-refractivity contribution in [2.45, 2.75) is 0 Å². The molecule has 0 aromatic rings. The van der Waals surface area contributed by atoms with Crippen LogP contribution >= 0.6 is 12.4 Å². The fourth-order valence-electron chi connectivity index (χ4n) is 0. The van der Waals surface area contributed by atoms with Gasteiger partial charge in [-0.05, 0) is 0 Å². The summed E-state index contributed by atoms with van der Waals surface area (Å²) in [5.41, 5.74) is 0. The molecule has 0 rings (SSSR count). The van der Waals surface area contributed by atoms with Gasteiger partial charge in [0, 0.05) is 17.1 Å². The van der Waals surface area contributed by atoms with Crippen LogP contribution in [-0.2, 0) is 17.1 Å². The molecule has 0 aromatic carbocycles. The van der Waals surface area contributed by atoms with Gasteiger partial charge in [0.05, 0.1) is 0 Å². The molecule has 0 fully saturated rings. The van der Waals surface area contributed by atoms with Crippen LogP contribution in [0.25, 0.3) is 0 Å². The maximum Gasteiger partial charge on any atom is 2.00 e. The van der Waals surface area contributed by atoms with Gasteiger partial charge in [-0.15, -0.1) is 12.4 Å². The van der Waals surface area contributed by atoms with Gasteiger partial charge in [0.25, 0.3) is 0 Å². The Bertz CT molecular complexity index is 20.5. The van der Waals surface area contributed by atoms with Crippen molar-refractivity contribution >= 4 is 35.5 Å². The standard InChI is InChI=1S/ClH.Mg.Mn.6H2O.2H/h1H;;;6*1H2;;/q;+2;;;;;;;;2*-1. The molecule has 9 heteroatoms. The van der Waals surface area contributed by atoms with Crippen LogP contribution in [0.5, 0.6) is 0 Å². The summed E-state index contributed by atoms with van der Waals surface area (Å²) in [6, 6.07) is 0. The number of rotatable bonds is 0. The van der Waals surface area contributed by atoms with Gasteiger partial charge < -0.3 is 35.7 Å². The van der Waals surface area contributed by atoms with E-state index in [4.69, 9.17) is 0 Å². The Kier molecular flexibility index (Phi) is 20400. The maximum absolute atomic E-state index is 0. The van der Waals surface area contributed by atoms with Crippen LogP contribution < -0.4 is 0 Å². The van der Waals surface area contributed by atoms with Crippen LogP contribution in [0.3, 0.4) is 0 Å². The van der Waals surface area contributed by atoms with Crippen LogP contribution in [0.1, 0.15) is 2.85 Å². The quantitative estimate of drug-likeness (QED) is 0.359. The van der Waals surface area contributed by atoms with Crippen molar-refractivity contribution in [3.8, 4) is 0 Å². The van der Waals surface area contributed by atoms with Crippen molar-refractivity contribution < 1.29 is 52.8 Å². The Hall–Kier alpha value is 1.34. The molecule has 67 valence electrons. The summed E-state index contributed by atoms with van der Waals surface area (Å²) in [4.78, 5) is 0. The minimum absolute atomic E-state index is 0. The first-order chi connectivity index (χ1) is 0. The van der Waals surface area contributed by atoms with E-state index in [1.54, 1.807) is 0 Å². The molecular weight excluding hydrogens is 211 g/mol. The van der Waals surface area contributed by atoms with Gasteiger partial charge in [-0.3, -0.25) is 0 Å². The molecule has 12 N–H and O–H groups in total. The monoisotopic (exact) mass is 225 g/mol. The van der Waals surface area contributed by atoms with E-state index in [1.807, 2.05) is 0 Å². The normalized spacial score (nSPS) is 0. The Morgan fingerprint density at radius 1 is 0.556 bits per heavy atom. The third kappa shape index (κ3) is 282. The van der Waals surface area contributed by atoms with Crippen molar-refractivity contribution in [1.82, 2.24) is 0 Å². The SMILES string of the molecule is Cl.O.O.O.O.O.O.[H-].[H-].[Mg+2].[Mn]. The predicted octanol–water partition coefficient (Wildman–Crippen LogP) is -4.68. The zero-order valence-corrected chi connectivity index (χ0v) is 7.90. The van der Waals surface area contributed by atoms with Gasteiger partial charge in [0.2, 0.25) is 0 Å². The average molecular weight is 226 g/mol. The van der Waals surface area contributed by atoms with Crippen LogP contribution in [0.4, 0.5) is 0 Å². The molecule has 0 saturated heterocycles. The summed E-state index contributed by atoms with van der Waals surface area (Å²) in [5.74, 6) is 0. The molecule has 0 heterocycles. The molecule has 1 radical (unpaired) electrons. The summed E-state index contributed by atoms with van der Waals surface area (Å²) in [6.45, 7) is 0. The first-order valence-corrected chi connectivity index (χ1v) is 0. The van der Waals surface area contributed by atoms with E-state index in [0.717, 1.165) is 0 Å². The van der Waals surface area contributed by atoms with Crippen molar-refractivity contribution in [1.29, 1.82) is 0 Å². The largest absolute Gasteiger partial charge is 2.00 e. The molecule has 0 aliphatic rings. The molecule has 0 aliphatic heterocycles. The second-order valence-corrected chi connectivity index (χ2v) is 0. The van der Waals surface area contributed by atoms with E-state index in [-0.39, 0.29) is 88.2 Å². The van der Waals surface area contributed by atoms with Gasteiger partial charge in [-0.25, -0.2) is 0 Å². The minimum atomic E-state index is 0. The zero-order chi connectivity index (χ0) is 0. The van der Waals surface area contributed by atoms with Gasteiger partial charge in [-0.1, -0.05) is 0 Å². The molecule has 0 bridgehead atoms. The fraction of sp³-hybridized carbons (Fsp3) is 0. The summed E-state index contributed by atoms with van der Waals surface area (Å²) < 4.78 is 0. The molecule has 0 spiro atoms. The molecule has 0 amide bonds. The molecule has 0 atom stereocenters. The number of hydrogen-bond donors (Lipinski definition) is 0. The van der Waals surface area contributed by atoms with Crippen LogP contribution in [0, 0.1) is 0 Å². The van der Waals surface area contributed by atoms with Gasteiger partial charge in [0.15, 0.2) is 0 Å². The molecule has 6 nitrogen and oxygen atoms in total. The van der Waals surface area contributed by atoms with Crippen LogP contribution in [0.2, 0.25) is 0 Å². The van der Waals surface area contributed by atoms with E-state index < -0.39 is 0 Å². The molecule has 0 aromatic heterocycles. The topological polar surface area (TPSA) is 189 Å². The first-order valence-electron chi connectivity index (χ1n) is 0. The summed E-state index contributed by atoms with van der Waals surface area (Å²) in [7, 11) is 0. The number of halogens is 1. The molecule has 0 aliphatic carbocycles. The Morgan fingerprint density at radius 3 is 0.556 bits per heavy atom. The summed E-state index contributed by atoms with van der Waals surface area (Å²) in [5, 5.41) is 0. The van der Waals surface area contributed by atoms with Gasteiger partial charge in [0.1, 0.15) is 0 Å². The van der Waals surface area contributed by atoms with E-state index >= 15 is 0 Å². The molecule has 0 unspecified atom stereocenters. The van der Waals surface area contributed by atoms with Crippen molar-refractivity contribution in [2.75, 3.05) is 0 Å². The van der Waals surface area contributed by atoms with Crippen molar-refractivity contribution in [3.05, 3.63) is 0 Å². The molecule has 0 saturated carbocycles. The van der Waals surface area contributed by atoms with E-state index in [2.05, 4.69) is 0 Å². The van der Waals surface area contributed by atoms with Crippen molar-refractivity contribution in [3.63, 3.8) is 0 Å². The van der Waals surface area contributed by atoms with E-state index in [9.17, 15) is 0 Å². The molecule has 9 heavy (non-hydrogen) atoms. The third-order valence-electron chi connectivity index (χ3n) is 0. The maximum atomic E-state index is 0. The summed E-state index contributed by atoms with van der Waals surface area (Å²) in [6.07, 6.45) is 0. The molecular formula is H15ClMgMnO6. The average Bonchev–Trinajstić information content (AvgIpc) is 0. The van der Waals surface area contributed by atoms with Gasteiger partial charge in [-0.2, -0.15) is 0 Å². The van der Waals surface area contributed by atoms with E-state index in [1.165, 1.54) is 0 Å².